The molecule has 0 spiro atoms. The summed E-state index contributed by atoms with van der Waals surface area (Å²) in [5, 5.41) is 4.14. The maximum atomic E-state index is 6.21. The van der Waals surface area contributed by atoms with Gasteiger partial charge in [0, 0.05) is 16.6 Å². The summed E-state index contributed by atoms with van der Waals surface area (Å²) >= 11 is 6.21. The predicted octanol–water partition coefficient (Wildman–Crippen LogP) is 4.05. The Labute approximate surface area is 113 Å². The zero-order valence-corrected chi connectivity index (χ0v) is 11.7. The van der Waals surface area contributed by atoms with Crippen LogP contribution in [-0.4, -0.2) is 7.05 Å². The minimum Gasteiger partial charge on any atom is -0.466 e. The lowest BCUT2D eigenvalue weighted by molar-refractivity contribution is 0.490. The van der Waals surface area contributed by atoms with E-state index < -0.39 is 0 Å². The molecule has 0 saturated carbocycles. The summed E-state index contributed by atoms with van der Waals surface area (Å²) < 4.78 is 5.59. The molecule has 1 aromatic carbocycles. The Morgan fingerprint density at radius 2 is 2.00 bits per heavy atom. The molecule has 96 valence electrons. The van der Waals surface area contributed by atoms with Crippen LogP contribution in [-0.2, 0) is 6.42 Å². The highest BCUT2D eigenvalue weighted by Gasteiger charge is 2.17. The average Bonchev–Trinajstić information content (AvgIpc) is 2.67. The summed E-state index contributed by atoms with van der Waals surface area (Å²) in [5.41, 5.74) is 2.35. The Balaban J connectivity index is 2.25. The SMILES string of the molecule is CNC(Cc1ccccc1Cl)c1cc(C)oc1C. The monoisotopic (exact) mass is 263 g/mol. The van der Waals surface area contributed by atoms with Crippen LogP contribution in [0.4, 0.5) is 0 Å². The number of aryl methyl sites for hydroxylation is 2. The van der Waals surface area contributed by atoms with E-state index in [0.717, 1.165) is 28.5 Å². The standard InChI is InChI=1S/C15H18ClNO/c1-10-8-13(11(2)18-10)15(17-3)9-12-6-4-5-7-14(12)16/h4-8,15,17H,9H2,1-3H3. The van der Waals surface area contributed by atoms with Crippen molar-refractivity contribution in [2.75, 3.05) is 7.05 Å². The van der Waals surface area contributed by atoms with Crippen molar-refractivity contribution >= 4 is 11.6 Å². The van der Waals surface area contributed by atoms with Gasteiger partial charge in [0.2, 0.25) is 0 Å². The molecule has 3 heteroatoms. The van der Waals surface area contributed by atoms with Gasteiger partial charge in [-0.05, 0) is 45.0 Å². The van der Waals surface area contributed by atoms with Crippen LogP contribution in [0.1, 0.15) is 28.7 Å². The highest BCUT2D eigenvalue weighted by atomic mass is 35.5. The van der Waals surface area contributed by atoms with Crippen molar-refractivity contribution in [3.63, 3.8) is 0 Å². The van der Waals surface area contributed by atoms with Gasteiger partial charge in [-0.1, -0.05) is 29.8 Å². The van der Waals surface area contributed by atoms with Gasteiger partial charge in [-0.2, -0.15) is 0 Å². The van der Waals surface area contributed by atoms with E-state index in [1.807, 2.05) is 39.1 Å². The second-order valence-corrected chi connectivity index (χ2v) is 4.91. The normalized spacial score (nSPS) is 12.7. The number of likely N-dealkylation sites (N-methyl/N-ethyl adjacent to an activating group) is 1. The second-order valence-electron chi connectivity index (χ2n) is 4.51. The zero-order valence-electron chi connectivity index (χ0n) is 11.0. The summed E-state index contributed by atoms with van der Waals surface area (Å²) in [6.07, 6.45) is 0.857. The molecule has 0 radical (unpaired) electrons. The molecule has 0 bridgehead atoms. The molecule has 1 atom stereocenters. The third kappa shape index (κ3) is 2.77. The minimum absolute atomic E-state index is 0.224. The van der Waals surface area contributed by atoms with Gasteiger partial charge in [-0.25, -0.2) is 0 Å². The van der Waals surface area contributed by atoms with Gasteiger partial charge in [0.05, 0.1) is 0 Å². The molecule has 2 aromatic rings. The van der Waals surface area contributed by atoms with Crippen LogP contribution in [0.3, 0.4) is 0 Å². The lowest BCUT2D eigenvalue weighted by Crippen LogP contribution is -2.19. The summed E-state index contributed by atoms with van der Waals surface area (Å²) in [6, 6.07) is 10.3. The highest BCUT2D eigenvalue weighted by Crippen LogP contribution is 2.27. The van der Waals surface area contributed by atoms with Gasteiger partial charge in [-0.3, -0.25) is 0 Å². The van der Waals surface area contributed by atoms with E-state index in [-0.39, 0.29) is 6.04 Å². The number of furan rings is 1. The van der Waals surface area contributed by atoms with Crippen molar-refractivity contribution < 1.29 is 4.42 Å². The number of hydrogen-bond acceptors (Lipinski definition) is 2. The summed E-state index contributed by atoms with van der Waals surface area (Å²) in [7, 11) is 1.96. The molecule has 0 aliphatic carbocycles. The first-order valence-electron chi connectivity index (χ1n) is 6.09. The van der Waals surface area contributed by atoms with Gasteiger partial charge < -0.3 is 9.73 Å². The third-order valence-electron chi connectivity index (χ3n) is 3.19. The minimum atomic E-state index is 0.224. The van der Waals surface area contributed by atoms with Crippen molar-refractivity contribution in [2.24, 2.45) is 0 Å². The molecule has 0 amide bonds. The van der Waals surface area contributed by atoms with E-state index in [1.54, 1.807) is 0 Å². The summed E-state index contributed by atoms with van der Waals surface area (Å²) in [5.74, 6) is 1.92. The van der Waals surface area contributed by atoms with Crippen LogP contribution >= 0.6 is 11.6 Å². The van der Waals surface area contributed by atoms with Crippen molar-refractivity contribution in [1.29, 1.82) is 0 Å². The van der Waals surface area contributed by atoms with Crippen molar-refractivity contribution in [3.8, 4) is 0 Å². The van der Waals surface area contributed by atoms with Gasteiger partial charge in [0.25, 0.3) is 0 Å². The van der Waals surface area contributed by atoms with Crippen molar-refractivity contribution in [2.45, 2.75) is 26.3 Å². The molecule has 18 heavy (non-hydrogen) atoms. The zero-order chi connectivity index (χ0) is 13.1. The van der Waals surface area contributed by atoms with Crippen LogP contribution < -0.4 is 5.32 Å². The molecule has 1 heterocycles. The smallest absolute Gasteiger partial charge is 0.105 e. The van der Waals surface area contributed by atoms with Crippen molar-refractivity contribution in [1.82, 2.24) is 5.32 Å². The van der Waals surface area contributed by atoms with E-state index in [4.69, 9.17) is 16.0 Å². The van der Waals surface area contributed by atoms with E-state index in [2.05, 4.69) is 17.4 Å². The fourth-order valence-electron chi connectivity index (χ4n) is 2.25. The molecule has 1 unspecified atom stereocenters. The lowest BCUT2D eigenvalue weighted by atomic mass is 9.99. The molecule has 0 aliphatic rings. The van der Waals surface area contributed by atoms with Gasteiger partial charge in [0.1, 0.15) is 11.5 Å². The number of hydrogen-bond donors (Lipinski definition) is 1. The van der Waals surface area contributed by atoms with Crippen LogP contribution in [0, 0.1) is 13.8 Å². The first-order chi connectivity index (χ1) is 8.61. The fourth-order valence-corrected chi connectivity index (χ4v) is 2.46. The molecule has 0 saturated heterocycles. The Hall–Kier alpha value is -1.25. The Morgan fingerprint density at radius 3 is 2.56 bits per heavy atom. The molecular weight excluding hydrogens is 246 g/mol. The Morgan fingerprint density at radius 1 is 1.28 bits per heavy atom. The second kappa shape index (κ2) is 5.59. The number of rotatable bonds is 4. The Kier molecular flexibility index (Phi) is 4.10. The van der Waals surface area contributed by atoms with Crippen LogP contribution in [0.5, 0.6) is 0 Å². The van der Waals surface area contributed by atoms with Crippen LogP contribution in [0.2, 0.25) is 5.02 Å². The molecule has 2 nitrogen and oxygen atoms in total. The van der Waals surface area contributed by atoms with E-state index in [1.165, 1.54) is 5.56 Å². The van der Waals surface area contributed by atoms with Crippen LogP contribution in [0.15, 0.2) is 34.7 Å². The maximum Gasteiger partial charge on any atom is 0.105 e. The van der Waals surface area contributed by atoms with Gasteiger partial charge in [-0.15, -0.1) is 0 Å². The average molecular weight is 264 g/mol. The molecule has 0 aliphatic heterocycles. The first-order valence-corrected chi connectivity index (χ1v) is 6.47. The van der Waals surface area contributed by atoms with Crippen LogP contribution in [0.25, 0.3) is 0 Å². The topological polar surface area (TPSA) is 25.2 Å². The first kappa shape index (κ1) is 13.2. The quantitative estimate of drug-likeness (QED) is 0.900. The number of benzene rings is 1. The third-order valence-corrected chi connectivity index (χ3v) is 3.55. The Bertz CT molecular complexity index is 533. The molecule has 1 aromatic heterocycles. The number of nitrogens with one attached hydrogen (secondary N) is 1. The highest BCUT2D eigenvalue weighted by molar-refractivity contribution is 6.31. The summed E-state index contributed by atoms with van der Waals surface area (Å²) in [6.45, 7) is 3.97. The lowest BCUT2D eigenvalue weighted by Gasteiger charge is -2.16. The fraction of sp³-hybridized carbons (Fsp3) is 0.333. The van der Waals surface area contributed by atoms with Crippen molar-refractivity contribution in [3.05, 3.63) is 58.0 Å². The molecule has 1 N–H and O–H groups in total. The van der Waals surface area contributed by atoms with E-state index >= 15 is 0 Å². The molecule has 2 rings (SSSR count). The van der Waals surface area contributed by atoms with E-state index in [0.29, 0.717) is 0 Å². The molecular formula is C15H18ClNO. The molecule has 0 fully saturated rings. The predicted molar refractivity (Wildman–Crippen MR) is 75.1 cm³/mol. The summed E-state index contributed by atoms with van der Waals surface area (Å²) in [4.78, 5) is 0. The van der Waals surface area contributed by atoms with Gasteiger partial charge in [0.15, 0.2) is 0 Å². The maximum absolute atomic E-state index is 6.21. The van der Waals surface area contributed by atoms with E-state index in [9.17, 15) is 0 Å². The van der Waals surface area contributed by atoms with Gasteiger partial charge >= 0.3 is 0 Å². The largest absolute Gasteiger partial charge is 0.466 e. The number of halogens is 1.